The highest BCUT2D eigenvalue weighted by Gasteiger charge is 2.14. The van der Waals surface area contributed by atoms with Crippen molar-refractivity contribution in [3.8, 4) is 23.3 Å². The number of nitriles is 1. The third-order valence-electron chi connectivity index (χ3n) is 4.61. The number of benzene rings is 1. The molecule has 2 heterocycles. The van der Waals surface area contributed by atoms with Crippen LogP contribution in [0.5, 0.6) is 5.88 Å². The number of esters is 1. The number of hydrogen-bond donors (Lipinski definition) is 1. The van der Waals surface area contributed by atoms with Crippen LogP contribution in [0.4, 0.5) is 0 Å². The van der Waals surface area contributed by atoms with Crippen LogP contribution in [0.15, 0.2) is 52.0 Å². The predicted octanol–water partition coefficient (Wildman–Crippen LogP) is 3.37. The van der Waals surface area contributed by atoms with E-state index in [1.165, 1.54) is 13.3 Å². The van der Waals surface area contributed by atoms with E-state index in [0.717, 1.165) is 0 Å². The Bertz CT molecular complexity index is 1280. The molecule has 0 radical (unpaired) electrons. The number of carbonyl (C=O) groups excluding carboxylic acids is 2. The minimum atomic E-state index is -0.546. The number of nitrogens with zero attached hydrogens (tertiary/aromatic N) is 3. The number of furan rings is 1. The number of amides is 1. The van der Waals surface area contributed by atoms with E-state index >= 15 is 0 Å². The van der Waals surface area contributed by atoms with Crippen LogP contribution in [-0.4, -0.2) is 43.4 Å². The van der Waals surface area contributed by atoms with Gasteiger partial charge in [-0.25, -0.2) is 15.2 Å². The van der Waals surface area contributed by atoms with E-state index in [-0.39, 0.29) is 31.3 Å². The average Bonchev–Trinajstić information content (AvgIpc) is 3.32. The van der Waals surface area contributed by atoms with Gasteiger partial charge in [-0.2, -0.15) is 10.4 Å². The molecule has 1 aromatic carbocycles. The van der Waals surface area contributed by atoms with Crippen molar-refractivity contribution in [1.82, 2.24) is 10.4 Å². The van der Waals surface area contributed by atoms with Gasteiger partial charge in [0.25, 0.3) is 5.91 Å². The van der Waals surface area contributed by atoms with Gasteiger partial charge in [0, 0.05) is 23.9 Å². The predicted molar refractivity (Wildman–Crippen MR) is 126 cm³/mol. The molecule has 0 bridgehead atoms. The van der Waals surface area contributed by atoms with Crippen LogP contribution < -0.4 is 10.2 Å². The minimum absolute atomic E-state index is 0.0550. The number of methoxy groups -OCH3 is 1. The average molecular weight is 476 g/mol. The van der Waals surface area contributed by atoms with Gasteiger partial charge in [-0.15, -0.1) is 0 Å². The van der Waals surface area contributed by atoms with Gasteiger partial charge < -0.3 is 18.6 Å². The van der Waals surface area contributed by atoms with Gasteiger partial charge in [0.05, 0.1) is 25.0 Å². The first-order valence-electron chi connectivity index (χ1n) is 10.7. The van der Waals surface area contributed by atoms with Crippen LogP contribution in [-0.2, 0) is 20.9 Å². The van der Waals surface area contributed by atoms with Gasteiger partial charge >= 0.3 is 5.97 Å². The van der Waals surface area contributed by atoms with Crippen LogP contribution in [0.3, 0.4) is 0 Å². The largest absolute Gasteiger partial charge is 0.467 e. The van der Waals surface area contributed by atoms with Gasteiger partial charge in [0.15, 0.2) is 6.61 Å². The Labute approximate surface area is 202 Å². The number of hydrazone groups is 1. The molecule has 2 aromatic heterocycles. The summed E-state index contributed by atoms with van der Waals surface area (Å²) < 4.78 is 21.3. The van der Waals surface area contributed by atoms with Crippen molar-refractivity contribution < 1.29 is 28.2 Å². The van der Waals surface area contributed by atoms with Crippen molar-refractivity contribution in [1.29, 1.82) is 5.26 Å². The molecular formula is C25H24N4O6. The maximum Gasteiger partial charge on any atom is 0.338 e. The van der Waals surface area contributed by atoms with E-state index in [0.29, 0.717) is 33.9 Å². The number of aryl methyl sites for hydroxylation is 1. The maximum atomic E-state index is 12.1. The fourth-order valence-corrected chi connectivity index (χ4v) is 3.13. The number of pyridine rings is 1. The van der Waals surface area contributed by atoms with Gasteiger partial charge in [-0.3, -0.25) is 4.79 Å². The second kappa shape index (κ2) is 12.1. The molecule has 0 aliphatic rings. The summed E-state index contributed by atoms with van der Waals surface area (Å²) in [6.45, 7) is 3.61. The quantitative estimate of drug-likeness (QED) is 0.267. The smallest absolute Gasteiger partial charge is 0.338 e. The normalized spacial score (nSPS) is 10.7. The maximum absolute atomic E-state index is 12.1. The zero-order valence-corrected chi connectivity index (χ0v) is 19.5. The second-order valence-corrected chi connectivity index (χ2v) is 7.23. The van der Waals surface area contributed by atoms with Crippen LogP contribution in [0.1, 0.15) is 39.9 Å². The standard InChI is InChI=1S/C25H24N4O6/c1-4-33-25(31)18-7-5-6-17(11-18)22-9-8-20(35-22)13-27-29-23(30)15-34-24-21(12-26)19(14-32-3)10-16(2)28-24/h5-11,13H,4,14-15H2,1-3H3,(H,29,30)/b27-13-. The summed E-state index contributed by atoms with van der Waals surface area (Å²) in [5.41, 5.74) is 4.91. The molecule has 0 fully saturated rings. The first-order valence-corrected chi connectivity index (χ1v) is 10.7. The first kappa shape index (κ1) is 25.1. The summed E-state index contributed by atoms with van der Waals surface area (Å²) in [5.74, 6) is 0.00751. The molecule has 0 saturated heterocycles. The van der Waals surface area contributed by atoms with E-state index in [4.69, 9.17) is 18.6 Å². The Kier molecular flexibility index (Phi) is 8.70. The Morgan fingerprint density at radius 1 is 1.26 bits per heavy atom. The molecule has 0 aliphatic heterocycles. The van der Waals surface area contributed by atoms with Crippen molar-refractivity contribution in [2.24, 2.45) is 5.10 Å². The molecule has 3 aromatic rings. The number of hydrogen-bond acceptors (Lipinski definition) is 9. The molecule has 1 amide bonds. The highest BCUT2D eigenvalue weighted by atomic mass is 16.5. The number of aromatic nitrogens is 1. The van der Waals surface area contributed by atoms with Crippen molar-refractivity contribution in [3.63, 3.8) is 0 Å². The summed E-state index contributed by atoms with van der Waals surface area (Å²) in [4.78, 5) is 28.2. The van der Waals surface area contributed by atoms with Gasteiger partial charge in [-0.05, 0) is 44.2 Å². The summed E-state index contributed by atoms with van der Waals surface area (Å²) in [5, 5.41) is 13.3. The molecule has 0 atom stereocenters. The fourth-order valence-electron chi connectivity index (χ4n) is 3.13. The zero-order chi connectivity index (χ0) is 25.2. The SMILES string of the molecule is CCOC(=O)c1cccc(-c2ccc(/C=N\NC(=O)COc3nc(C)cc(COC)c3C#N)o2)c1. The van der Waals surface area contributed by atoms with Crippen LogP contribution in [0.25, 0.3) is 11.3 Å². The lowest BCUT2D eigenvalue weighted by Gasteiger charge is -2.10. The van der Waals surface area contributed by atoms with E-state index in [2.05, 4.69) is 15.5 Å². The molecule has 0 unspecified atom stereocenters. The zero-order valence-electron chi connectivity index (χ0n) is 19.5. The highest BCUT2D eigenvalue weighted by molar-refractivity contribution is 5.91. The lowest BCUT2D eigenvalue weighted by molar-refractivity contribution is -0.123. The van der Waals surface area contributed by atoms with Crippen molar-refractivity contribution in [2.45, 2.75) is 20.5 Å². The Hall–Kier alpha value is -4.49. The van der Waals surface area contributed by atoms with Gasteiger partial charge in [0.2, 0.25) is 5.88 Å². The lowest BCUT2D eigenvalue weighted by atomic mass is 10.1. The Balaban J connectivity index is 1.59. The van der Waals surface area contributed by atoms with Crippen molar-refractivity contribution in [2.75, 3.05) is 20.3 Å². The van der Waals surface area contributed by atoms with Gasteiger partial charge in [0.1, 0.15) is 23.2 Å². The topological polar surface area (TPSA) is 136 Å². The number of carbonyl (C=O) groups is 2. The minimum Gasteiger partial charge on any atom is -0.467 e. The summed E-state index contributed by atoms with van der Waals surface area (Å²) in [7, 11) is 1.52. The van der Waals surface area contributed by atoms with E-state index < -0.39 is 11.9 Å². The third-order valence-corrected chi connectivity index (χ3v) is 4.61. The molecule has 0 spiro atoms. The highest BCUT2D eigenvalue weighted by Crippen LogP contribution is 2.23. The summed E-state index contributed by atoms with van der Waals surface area (Å²) in [6.07, 6.45) is 1.33. The van der Waals surface area contributed by atoms with E-state index in [1.807, 2.05) is 6.07 Å². The first-order chi connectivity index (χ1) is 16.9. The summed E-state index contributed by atoms with van der Waals surface area (Å²) >= 11 is 0. The van der Waals surface area contributed by atoms with Crippen LogP contribution >= 0.6 is 0 Å². The number of rotatable bonds is 10. The van der Waals surface area contributed by atoms with E-state index in [9.17, 15) is 14.9 Å². The third kappa shape index (κ3) is 6.75. The Morgan fingerprint density at radius 3 is 2.83 bits per heavy atom. The molecule has 10 heteroatoms. The number of nitrogens with one attached hydrogen (secondary N) is 1. The van der Waals surface area contributed by atoms with Crippen molar-refractivity contribution in [3.05, 3.63) is 70.6 Å². The monoisotopic (exact) mass is 476 g/mol. The molecule has 0 saturated carbocycles. The Morgan fingerprint density at radius 2 is 2.09 bits per heavy atom. The lowest BCUT2D eigenvalue weighted by Crippen LogP contribution is -2.25. The molecule has 0 aliphatic carbocycles. The molecule has 1 N–H and O–H groups in total. The van der Waals surface area contributed by atoms with Crippen LogP contribution in [0.2, 0.25) is 0 Å². The van der Waals surface area contributed by atoms with Crippen LogP contribution in [0, 0.1) is 18.3 Å². The number of ether oxygens (including phenoxy) is 3. The van der Waals surface area contributed by atoms with Crippen molar-refractivity contribution >= 4 is 18.1 Å². The molecule has 180 valence electrons. The van der Waals surface area contributed by atoms with Gasteiger partial charge in [-0.1, -0.05) is 12.1 Å². The molecular weight excluding hydrogens is 452 g/mol. The molecule has 3 rings (SSSR count). The van der Waals surface area contributed by atoms with E-state index in [1.54, 1.807) is 56.3 Å². The molecule has 35 heavy (non-hydrogen) atoms. The fraction of sp³-hybridized carbons (Fsp3) is 0.240. The summed E-state index contributed by atoms with van der Waals surface area (Å²) in [6, 6.07) is 14.0. The molecule has 10 nitrogen and oxygen atoms in total. The second-order valence-electron chi connectivity index (χ2n) is 7.23.